The second-order valence-electron chi connectivity index (χ2n) is 5.12. The van der Waals surface area contributed by atoms with Gasteiger partial charge in [-0.25, -0.2) is 9.78 Å². The molecule has 0 radical (unpaired) electrons. The van der Waals surface area contributed by atoms with Gasteiger partial charge >= 0.3 is 11.7 Å². The van der Waals surface area contributed by atoms with E-state index in [0.29, 0.717) is 19.4 Å². The highest BCUT2D eigenvalue weighted by molar-refractivity contribution is 5.86. The van der Waals surface area contributed by atoms with E-state index in [2.05, 4.69) is 4.98 Å². The van der Waals surface area contributed by atoms with Crippen molar-refractivity contribution in [3.05, 3.63) is 27.9 Å². The van der Waals surface area contributed by atoms with Crippen molar-refractivity contribution in [3.63, 3.8) is 0 Å². The van der Waals surface area contributed by atoms with Crippen molar-refractivity contribution in [2.24, 2.45) is 0 Å². The number of aromatic carboxylic acids is 1. The average molecular weight is 281 g/mol. The standard InChI is InChI=1S/C12H15N3O5/c1-12(18)5-2-6-14(7-12)10-9(15(19)20)4-3-8(13-10)11(16)17/h3-4,18H,2,5-7H2,1H3,(H,16,17). The van der Waals surface area contributed by atoms with Crippen LogP contribution in [-0.2, 0) is 0 Å². The molecule has 1 aliphatic heterocycles. The Morgan fingerprint density at radius 2 is 2.25 bits per heavy atom. The lowest BCUT2D eigenvalue weighted by Crippen LogP contribution is -2.46. The molecule has 0 spiro atoms. The molecule has 0 aromatic carbocycles. The Labute approximate surface area is 114 Å². The van der Waals surface area contributed by atoms with Gasteiger partial charge in [-0.1, -0.05) is 0 Å². The first-order chi connectivity index (χ1) is 9.30. The van der Waals surface area contributed by atoms with Crippen LogP contribution in [0.15, 0.2) is 12.1 Å². The highest BCUT2D eigenvalue weighted by atomic mass is 16.6. The van der Waals surface area contributed by atoms with Crippen LogP contribution in [0.3, 0.4) is 0 Å². The predicted octanol–water partition coefficient (Wildman–Crippen LogP) is 1.04. The maximum atomic E-state index is 11.0. The summed E-state index contributed by atoms with van der Waals surface area (Å²) in [6.45, 7) is 2.32. The van der Waals surface area contributed by atoms with E-state index < -0.39 is 16.5 Å². The van der Waals surface area contributed by atoms with Gasteiger partial charge in [0.05, 0.1) is 10.5 Å². The maximum absolute atomic E-state index is 11.0. The van der Waals surface area contributed by atoms with Crippen LogP contribution in [0.4, 0.5) is 11.5 Å². The van der Waals surface area contributed by atoms with E-state index in [9.17, 15) is 20.0 Å². The number of carbonyl (C=O) groups is 1. The van der Waals surface area contributed by atoms with Crippen LogP contribution in [0.1, 0.15) is 30.3 Å². The SMILES string of the molecule is CC1(O)CCCN(c2nc(C(=O)O)ccc2[N+](=O)[O-])C1. The summed E-state index contributed by atoms with van der Waals surface area (Å²) in [5.41, 5.74) is -1.48. The molecule has 1 saturated heterocycles. The quantitative estimate of drug-likeness (QED) is 0.627. The zero-order valence-electron chi connectivity index (χ0n) is 10.9. The molecule has 1 aliphatic rings. The highest BCUT2D eigenvalue weighted by Gasteiger charge is 2.32. The smallest absolute Gasteiger partial charge is 0.354 e. The first kappa shape index (κ1) is 14.2. The number of β-amino-alcohol motifs (C(OH)–C–C–N with tert-alkyl or cyclic N) is 1. The number of rotatable bonds is 3. The Bertz CT molecular complexity index is 558. The van der Waals surface area contributed by atoms with Gasteiger partial charge in [-0.05, 0) is 25.8 Å². The van der Waals surface area contributed by atoms with E-state index in [4.69, 9.17) is 5.11 Å². The molecule has 1 aromatic heterocycles. The molecular formula is C12H15N3O5. The molecule has 0 aliphatic carbocycles. The van der Waals surface area contributed by atoms with Crippen molar-refractivity contribution < 1.29 is 19.9 Å². The number of aromatic nitrogens is 1. The summed E-state index contributed by atoms with van der Waals surface area (Å²) in [6.07, 6.45) is 1.25. The van der Waals surface area contributed by atoms with E-state index >= 15 is 0 Å². The third kappa shape index (κ3) is 2.85. The Balaban J connectivity index is 2.44. The molecule has 0 amide bonds. The molecule has 8 heteroatoms. The number of anilines is 1. The van der Waals surface area contributed by atoms with Crippen molar-refractivity contribution in [1.29, 1.82) is 0 Å². The predicted molar refractivity (Wildman–Crippen MR) is 69.9 cm³/mol. The first-order valence-electron chi connectivity index (χ1n) is 6.16. The minimum absolute atomic E-state index is 0.00475. The van der Waals surface area contributed by atoms with Gasteiger partial charge < -0.3 is 15.1 Å². The van der Waals surface area contributed by atoms with E-state index in [1.54, 1.807) is 11.8 Å². The molecule has 1 unspecified atom stereocenters. The van der Waals surface area contributed by atoms with Crippen molar-refractivity contribution in [2.75, 3.05) is 18.0 Å². The van der Waals surface area contributed by atoms with Crippen LogP contribution in [-0.4, -0.2) is 44.8 Å². The molecule has 1 fully saturated rings. The Morgan fingerprint density at radius 1 is 1.55 bits per heavy atom. The van der Waals surface area contributed by atoms with E-state index in [-0.39, 0.29) is 23.7 Å². The van der Waals surface area contributed by atoms with Crippen LogP contribution in [0, 0.1) is 10.1 Å². The van der Waals surface area contributed by atoms with Crippen molar-refractivity contribution in [2.45, 2.75) is 25.4 Å². The van der Waals surface area contributed by atoms with Gasteiger partial charge in [0.25, 0.3) is 0 Å². The lowest BCUT2D eigenvalue weighted by molar-refractivity contribution is -0.384. The van der Waals surface area contributed by atoms with Crippen LogP contribution in [0.2, 0.25) is 0 Å². The molecule has 1 atom stereocenters. The lowest BCUT2D eigenvalue weighted by atomic mass is 9.95. The molecular weight excluding hydrogens is 266 g/mol. The van der Waals surface area contributed by atoms with Crippen LogP contribution >= 0.6 is 0 Å². The summed E-state index contributed by atoms with van der Waals surface area (Å²) >= 11 is 0. The van der Waals surface area contributed by atoms with Crippen LogP contribution in [0.25, 0.3) is 0 Å². The number of nitrogens with zero attached hydrogens (tertiary/aromatic N) is 3. The van der Waals surface area contributed by atoms with Gasteiger partial charge in [0.15, 0.2) is 5.69 Å². The Morgan fingerprint density at radius 3 is 2.80 bits per heavy atom. The van der Waals surface area contributed by atoms with Gasteiger partial charge in [-0.15, -0.1) is 0 Å². The molecule has 108 valence electrons. The summed E-state index contributed by atoms with van der Waals surface area (Å²) < 4.78 is 0. The van der Waals surface area contributed by atoms with Crippen molar-refractivity contribution >= 4 is 17.5 Å². The molecule has 8 nitrogen and oxygen atoms in total. The minimum atomic E-state index is -1.25. The second kappa shape index (κ2) is 5.04. The van der Waals surface area contributed by atoms with Gasteiger partial charge in [-0.2, -0.15) is 0 Å². The fourth-order valence-corrected chi connectivity index (χ4v) is 2.34. The van der Waals surface area contributed by atoms with Gasteiger partial charge in [0, 0.05) is 19.2 Å². The van der Waals surface area contributed by atoms with E-state index in [0.717, 1.165) is 12.1 Å². The number of carboxylic acids is 1. The van der Waals surface area contributed by atoms with E-state index in [1.165, 1.54) is 0 Å². The summed E-state index contributed by atoms with van der Waals surface area (Å²) in [4.78, 5) is 26.8. The molecule has 0 bridgehead atoms. The fraction of sp³-hybridized carbons (Fsp3) is 0.500. The van der Waals surface area contributed by atoms with Gasteiger partial charge in [0.2, 0.25) is 5.82 Å². The number of pyridine rings is 1. The van der Waals surface area contributed by atoms with E-state index in [1.807, 2.05) is 0 Å². The normalized spacial score (nSPS) is 22.6. The number of carboxylic acid groups (broad SMARTS) is 1. The van der Waals surface area contributed by atoms with Crippen molar-refractivity contribution in [3.8, 4) is 0 Å². The number of hydrogen-bond acceptors (Lipinski definition) is 6. The third-order valence-corrected chi connectivity index (χ3v) is 3.24. The lowest BCUT2D eigenvalue weighted by Gasteiger charge is -2.37. The summed E-state index contributed by atoms with van der Waals surface area (Å²) in [7, 11) is 0. The fourth-order valence-electron chi connectivity index (χ4n) is 2.34. The maximum Gasteiger partial charge on any atom is 0.354 e. The molecule has 1 aromatic rings. The van der Waals surface area contributed by atoms with Gasteiger partial charge in [-0.3, -0.25) is 10.1 Å². The largest absolute Gasteiger partial charge is 0.477 e. The van der Waals surface area contributed by atoms with Gasteiger partial charge in [0.1, 0.15) is 0 Å². The Kier molecular flexibility index (Phi) is 3.58. The van der Waals surface area contributed by atoms with Crippen LogP contribution in [0.5, 0.6) is 0 Å². The topological polar surface area (TPSA) is 117 Å². The molecule has 2 rings (SSSR count). The number of hydrogen-bond donors (Lipinski definition) is 2. The number of aliphatic hydroxyl groups is 1. The highest BCUT2D eigenvalue weighted by Crippen LogP contribution is 2.31. The molecule has 20 heavy (non-hydrogen) atoms. The zero-order valence-corrected chi connectivity index (χ0v) is 10.9. The zero-order chi connectivity index (χ0) is 14.9. The summed E-state index contributed by atoms with van der Waals surface area (Å²) in [6, 6.07) is 2.24. The van der Waals surface area contributed by atoms with Crippen LogP contribution < -0.4 is 4.90 Å². The third-order valence-electron chi connectivity index (χ3n) is 3.24. The molecule has 2 N–H and O–H groups in total. The Hall–Kier alpha value is -2.22. The second-order valence-corrected chi connectivity index (χ2v) is 5.12. The molecule has 2 heterocycles. The average Bonchev–Trinajstić information content (AvgIpc) is 2.36. The molecule has 0 saturated carbocycles. The monoisotopic (exact) mass is 281 g/mol. The summed E-state index contributed by atoms with van der Waals surface area (Å²) in [5.74, 6) is -1.25. The first-order valence-corrected chi connectivity index (χ1v) is 6.16. The van der Waals surface area contributed by atoms with Crippen molar-refractivity contribution in [1.82, 2.24) is 4.98 Å². The number of piperidine rings is 1. The number of nitro groups is 1. The summed E-state index contributed by atoms with van der Waals surface area (Å²) in [5, 5.41) is 30.0. The minimum Gasteiger partial charge on any atom is -0.477 e.